The lowest BCUT2D eigenvalue weighted by atomic mass is 9.72. The minimum atomic E-state index is -1.05. The number of amides is 1. The van der Waals surface area contributed by atoms with Gasteiger partial charge < -0.3 is 19.1 Å². The second-order valence-electron chi connectivity index (χ2n) is 9.04. The van der Waals surface area contributed by atoms with Crippen LogP contribution in [0.4, 0.5) is 0 Å². The Hall–Kier alpha value is -2.76. The molecule has 3 heterocycles. The first-order chi connectivity index (χ1) is 15.0. The SMILES string of the molecule is COC1=C(C)C(=O)O[C@@]12/C(=C/c1ccc(OC)cc1)C[C@@H]1CCCCN3C(=O)CC[C@@]132. The van der Waals surface area contributed by atoms with Gasteiger partial charge in [-0.05, 0) is 61.8 Å². The van der Waals surface area contributed by atoms with Crippen LogP contribution in [0.5, 0.6) is 5.75 Å². The number of hydrogen-bond donors (Lipinski definition) is 0. The highest BCUT2D eigenvalue weighted by atomic mass is 16.6. The van der Waals surface area contributed by atoms with E-state index in [-0.39, 0.29) is 17.8 Å². The van der Waals surface area contributed by atoms with Crippen LogP contribution in [0, 0.1) is 5.92 Å². The maximum absolute atomic E-state index is 13.0. The number of nitrogens with zero attached hydrogens (tertiary/aromatic N) is 1. The van der Waals surface area contributed by atoms with Crippen LogP contribution in [0.3, 0.4) is 0 Å². The standard InChI is InChI=1S/C25H29NO5/c1-16-22(30-3)25(31-23(16)28)19(14-17-7-9-20(29-2)10-8-17)15-18-6-4-5-13-26-21(27)11-12-24(18,25)26/h7-10,14,18H,4-6,11-13,15H2,1-3H3/b19-14+/t18-,24-,25-/m0/s1. The maximum atomic E-state index is 13.0. The van der Waals surface area contributed by atoms with Gasteiger partial charge in [0.2, 0.25) is 11.5 Å². The van der Waals surface area contributed by atoms with Crippen LogP contribution < -0.4 is 4.74 Å². The molecule has 6 nitrogen and oxygen atoms in total. The summed E-state index contributed by atoms with van der Waals surface area (Å²) in [5, 5.41) is 0. The number of carbonyl (C=O) groups is 2. The van der Waals surface area contributed by atoms with Crippen LogP contribution in [0.2, 0.25) is 0 Å². The summed E-state index contributed by atoms with van der Waals surface area (Å²) < 4.78 is 17.5. The molecule has 0 radical (unpaired) electrons. The number of hydrogen-bond acceptors (Lipinski definition) is 5. The van der Waals surface area contributed by atoms with Crippen molar-refractivity contribution in [1.82, 2.24) is 4.90 Å². The van der Waals surface area contributed by atoms with Gasteiger partial charge in [-0.1, -0.05) is 24.6 Å². The Balaban J connectivity index is 1.74. The molecule has 3 atom stereocenters. The summed E-state index contributed by atoms with van der Waals surface area (Å²) >= 11 is 0. The Morgan fingerprint density at radius 1 is 1.13 bits per heavy atom. The monoisotopic (exact) mass is 423 g/mol. The first kappa shape index (κ1) is 20.2. The van der Waals surface area contributed by atoms with Crippen molar-refractivity contribution in [2.24, 2.45) is 5.92 Å². The summed E-state index contributed by atoms with van der Waals surface area (Å²) in [7, 11) is 3.25. The molecule has 1 aliphatic carbocycles. The average molecular weight is 424 g/mol. The topological polar surface area (TPSA) is 65.1 Å². The summed E-state index contributed by atoms with van der Waals surface area (Å²) in [6.45, 7) is 2.48. The van der Waals surface area contributed by atoms with Gasteiger partial charge in [0.1, 0.15) is 5.75 Å². The molecule has 31 heavy (non-hydrogen) atoms. The van der Waals surface area contributed by atoms with E-state index in [1.165, 1.54) is 0 Å². The van der Waals surface area contributed by atoms with E-state index in [2.05, 4.69) is 6.08 Å². The van der Waals surface area contributed by atoms with E-state index >= 15 is 0 Å². The normalized spacial score (nSPS) is 33.6. The first-order valence-corrected chi connectivity index (χ1v) is 11.1. The summed E-state index contributed by atoms with van der Waals surface area (Å²) in [5.41, 5.74) is 0.907. The van der Waals surface area contributed by atoms with Crippen molar-refractivity contribution < 1.29 is 23.8 Å². The third kappa shape index (κ3) is 2.57. The van der Waals surface area contributed by atoms with Gasteiger partial charge in [-0.25, -0.2) is 4.79 Å². The molecule has 0 bridgehead atoms. The van der Waals surface area contributed by atoms with Crippen molar-refractivity contribution in [2.75, 3.05) is 20.8 Å². The first-order valence-electron chi connectivity index (χ1n) is 11.1. The van der Waals surface area contributed by atoms with E-state index in [1.807, 2.05) is 29.2 Å². The molecule has 1 saturated carbocycles. The van der Waals surface area contributed by atoms with Gasteiger partial charge in [0.05, 0.1) is 25.3 Å². The average Bonchev–Trinajstić information content (AvgIpc) is 3.27. The molecule has 5 rings (SSSR count). The Morgan fingerprint density at radius 2 is 1.90 bits per heavy atom. The number of esters is 1. The van der Waals surface area contributed by atoms with Crippen molar-refractivity contribution in [3.63, 3.8) is 0 Å². The molecular formula is C25H29NO5. The Kier molecular flexibility index (Phi) is 4.65. The van der Waals surface area contributed by atoms with E-state index < -0.39 is 11.1 Å². The molecule has 2 spiro atoms. The highest BCUT2D eigenvalue weighted by Gasteiger charge is 2.75. The Morgan fingerprint density at radius 3 is 2.61 bits per heavy atom. The van der Waals surface area contributed by atoms with Gasteiger partial charge in [0.25, 0.3) is 0 Å². The van der Waals surface area contributed by atoms with Gasteiger partial charge in [-0.2, -0.15) is 0 Å². The van der Waals surface area contributed by atoms with Crippen LogP contribution in [-0.4, -0.2) is 48.7 Å². The van der Waals surface area contributed by atoms with Crippen LogP contribution in [0.1, 0.15) is 51.0 Å². The lowest BCUT2D eigenvalue weighted by Crippen LogP contribution is -2.63. The molecule has 1 aromatic rings. The fourth-order valence-corrected chi connectivity index (χ4v) is 6.52. The predicted octanol–water partition coefficient (Wildman–Crippen LogP) is 3.86. The van der Waals surface area contributed by atoms with Crippen LogP contribution in [-0.2, 0) is 19.1 Å². The number of methoxy groups -OCH3 is 2. The van der Waals surface area contributed by atoms with E-state index in [0.717, 1.165) is 42.6 Å². The molecular weight excluding hydrogens is 394 g/mol. The molecule has 3 aliphatic heterocycles. The van der Waals surface area contributed by atoms with Gasteiger partial charge in [-0.3, -0.25) is 4.79 Å². The summed E-state index contributed by atoms with van der Waals surface area (Å²) in [6, 6.07) is 7.86. The maximum Gasteiger partial charge on any atom is 0.338 e. The van der Waals surface area contributed by atoms with Crippen molar-refractivity contribution in [2.45, 2.75) is 56.6 Å². The zero-order valence-corrected chi connectivity index (χ0v) is 18.4. The van der Waals surface area contributed by atoms with Gasteiger partial charge in [0.15, 0.2) is 5.76 Å². The fraction of sp³-hybridized carbons (Fsp3) is 0.520. The van der Waals surface area contributed by atoms with Gasteiger partial charge >= 0.3 is 5.97 Å². The van der Waals surface area contributed by atoms with Gasteiger partial charge in [0, 0.05) is 13.0 Å². The third-order valence-corrected chi connectivity index (χ3v) is 7.76. The van der Waals surface area contributed by atoms with Gasteiger partial charge in [-0.15, -0.1) is 0 Å². The molecule has 1 aromatic carbocycles. The summed E-state index contributed by atoms with van der Waals surface area (Å²) in [4.78, 5) is 28.0. The summed E-state index contributed by atoms with van der Waals surface area (Å²) in [5.74, 6) is 1.40. The van der Waals surface area contributed by atoms with Crippen molar-refractivity contribution in [3.05, 3.63) is 46.7 Å². The largest absolute Gasteiger partial charge is 0.497 e. The van der Waals surface area contributed by atoms with E-state index in [1.54, 1.807) is 21.1 Å². The van der Waals surface area contributed by atoms with Crippen LogP contribution in [0.15, 0.2) is 41.2 Å². The van der Waals surface area contributed by atoms with E-state index in [4.69, 9.17) is 14.2 Å². The minimum Gasteiger partial charge on any atom is -0.497 e. The second kappa shape index (κ2) is 7.14. The van der Waals surface area contributed by atoms with Crippen molar-refractivity contribution >= 4 is 18.0 Å². The molecule has 0 unspecified atom stereocenters. The third-order valence-electron chi connectivity index (χ3n) is 7.76. The second-order valence-corrected chi connectivity index (χ2v) is 9.04. The smallest absolute Gasteiger partial charge is 0.338 e. The molecule has 3 fully saturated rings. The minimum absolute atomic E-state index is 0.160. The molecule has 4 aliphatic rings. The van der Waals surface area contributed by atoms with E-state index in [0.29, 0.717) is 30.7 Å². The van der Waals surface area contributed by atoms with E-state index in [9.17, 15) is 9.59 Å². The van der Waals surface area contributed by atoms with Crippen molar-refractivity contribution in [3.8, 4) is 5.75 Å². The lowest BCUT2D eigenvalue weighted by molar-refractivity contribution is -0.161. The number of ether oxygens (including phenoxy) is 3. The summed E-state index contributed by atoms with van der Waals surface area (Å²) in [6.07, 6.45) is 7.14. The highest BCUT2D eigenvalue weighted by molar-refractivity contribution is 5.94. The highest BCUT2D eigenvalue weighted by Crippen LogP contribution is 2.64. The number of benzene rings is 1. The Bertz CT molecular complexity index is 994. The van der Waals surface area contributed by atoms with Crippen molar-refractivity contribution in [1.29, 1.82) is 0 Å². The molecule has 6 heteroatoms. The quantitative estimate of drug-likeness (QED) is 0.691. The zero-order chi connectivity index (χ0) is 21.8. The zero-order valence-electron chi connectivity index (χ0n) is 18.4. The van der Waals surface area contributed by atoms with Crippen LogP contribution >= 0.6 is 0 Å². The molecule has 164 valence electrons. The molecule has 0 aromatic heterocycles. The molecule has 1 amide bonds. The fourth-order valence-electron chi connectivity index (χ4n) is 6.52. The number of rotatable bonds is 3. The predicted molar refractivity (Wildman–Crippen MR) is 115 cm³/mol. The van der Waals surface area contributed by atoms with Crippen LogP contribution in [0.25, 0.3) is 6.08 Å². The molecule has 0 N–H and O–H groups in total. The number of carbonyl (C=O) groups excluding carboxylic acids is 2. The Labute approximate surface area is 182 Å². The lowest BCUT2D eigenvalue weighted by Gasteiger charge is -2.48. The molecule has 2 saturated heterocycles.